The summed E-state index contributed by atoms with van der Waals surface area (Å²) < 4.78 is 8.61. The number of rotatable bonds is 0. The summed E-state index contributed by atoms with van der Waals surface area (Å²) in [4.78, 5) is 0. The number of hydrogen-bond donors (Lipinski definition) is 0. The number of fused-ring (bicyclic) bond motifs is 3. The van der Waals surface area contributed by atoms with E-state index in [0.717, 1.165) is 18.5 Å². The van der Waals surface area contributed by atoms with Crippen molar-refractivity contribution in [2.24, 2.45) is 0 Å². The largest absolute Gasteiger partial charge is 0.177 e. The second-order valence-corrected chi connectivity index (χ2v) is 3.75. The molecule has 3 heteroatoms. The molecule has 2 aromatic rings. The molecule has 0 bridgehead atoms. The summed E-state index contributed by atoms with van der Waals surface area (Å²) in [7, 11) is 0. The van der Waals surface area contributed by atoms with E-state index in [9.17, 15) is 0 Å². The zero-order chi connectivity index (χ0) is 8.67. The lowest BCUT2D eigenvalue weighted by Gasteiger charge is -2.12. The Labute approximate surface area is 80.6 Å². The van der Waals surface area contributed by atoms with Crippen molar-refractivity contribution in [2.45, 2.75) is 12.8 Å². The maximum absolute atomic E-state index is 4.33. The minimum absolute atomic E-state index is 1.04. The molecule has 1 heterocycles. The molecule has 0 amide bonds. The molecule has 1 aliphatic carbocycles. The fourth-order valence-electron chi connectivity index (χ4n) is 1.80. The van der Waals surface area contributed by atoms with E-state index in [1.807, 2.05) is 0 Å². The first-order chi connectivity index (χ1) is 6.45. The molecule has 0 fully saturated rings. The number of nitrogens with zero attached hydrogens (tertiary/aromatic N) is 2. The maximum Gasteiger partial charge on any atom is 0.108 e. The van der Waals surface area contributed by atoms with Gasteiger partial charge in [-0.15, -0.1) is 0 Å². The SMILES string of the molecule is c1ccc2c(c1)CCc1nsnc1-2. The van der Waals surface area contributed by atoms with Gasteiger partial charge in [0.2, 0.25) is 0 Å². The van der Waals surface area contributed by atoms with Crippen molar-refractivity contribution >= 4 is 11.7 Å². The summed E-state index contributed by atoms with van der Waals surface area (Å²) in [5, 5.41) is 0. The van der Waals surface area contributed by atoms with Crippen molar-refractivity contribution in [1.29, 1.82) is 0 Å². The molecule has 0 saturated carbocycles. The first kappa shape index (κ1) is 7.21. The molecule has 0 N–H and O–H groups in total. The van der Waals surface area contributed by atoms with Gasteiger partial charge < -0.3 is 0 Å². The summed E-state index contributed by atoms with van der Waals surface area (Å²) in [6, 6.07) is 8.46. The Morgan fingerprint density at radius 3 is 3.00 bits per heavy atom. The molecule has 0 radical (unpaired) electrons. The van der Waals surface area contributed by atoms with Crippen LogP contribution in [0, 0.1) is 0 Å². The fourth-order valence-corrected chi connectivity index (χ4v) is 2.40. The zero-order valence-electron chi connectivity index (χ0n) is 7.03. The lowest BCUT2D eigenvalue weighted by Crippen LogP contribution is -2.02. The molecule has 64 valence electrons. The first-order valence-electron chi connectivity index (χ1n) is 4.35. The molecule has 0 spiro atoms. The van der Waals surface area contributed by atoms with Crippen LogP contribution in [0.3, 0.4) is 0 Å². The molecule has 0 unspecified atom stereocenters. The van der Waals surface area contributed by atoms with Gasteiger partial charge in [0.1, 0.15) is 5.69 Å². The topological polar surface area (TPSA) is 25.8 Å². The van der Waals surface area contributed by atoms with Crippen LogP contribution >= 0.6 is 11.7 Å². The quantitative estimate of drug-likeness (QED) is 0.634. The Kier molecular flexibility index (Phi) is 1.46. The lowest BCUT2D eigenvalue weighted by atomic mass is 9.93. The first-order valence-corrected chi connectivity index (χ1v) is 5.08. The van der Waals surface area contributed by atoms with E-state index in [-0.39, 0.29) is 0 Å². The Morgan fingerprint density at radius 1 is 1.08 bits per heavy atom. The molecule has 0 atom stereocenters. The third-order valence-corrected chi connectivity index (χ3v) is 3.03. The van der Waals surface area contributed by atoms with Crippen LogP contribution in [-0.2, 0) is 12.8 Å². The molecule has 0 aliphatic heterocycles. The van der Waals surface area contributed by atoms with Crippen molar-refractivity contribution in [3.05, 3.63) is 35.5 Å². The molecule has 13 heavy (non-hydrogen) atoms. The predicted octanol–water partition coefficient (Wildman–Crippen LogP) is 2.30. The molecule has 1 aromatic heterocycles. The smallest absolute Gasteiger partial charge is 0.108 e. The van der Waals surface area contributed by atoms with Crippen LogP contribution in [0.4, 0.5) is 0 Å². The van der Waals surface area contributed by atoms with Crippen molar-refractivity contribution in [3.63, 3.8) is 0 Å². The molecular weight excluding hydrogens is 180 g/mol. The molecular formula is C10H8N2S. The van der Waals surface area contributed by atoms with Gasteiger partial charge >= 0.3 is 0 Å². The Hall–Kier alpha value is -1.22. The van der Waals surface area contributed by atoms with E-state index in [1.54, 1.807) is 0 Å². The lowest BCUT2D eigenvalue weighted by molar-refractivity contribution is 0.913. The van der Waals surface area contributed by atoms with Crippen LogP contribution in [0.1, 0.15) is 11.3 Å². The van der Waals surface area contributed by atoms with E-state index in [0.29, 0.717) is 0 Å². The number of aryl methyl sites for hydroxylation is 2. The van der Waals surface area contributed by atoms with Gasteiger partial charge in [0, 0.05) is 5.56 Å². The highest BCUT2D eigenvalue weighted by molar-refractivity contribution is 6.99. The molecule has 0 saturated heterocycles. The van der Waals surface area contributed by atoms with Crippen LogP contribution in [-0.4, -0.2) is 8.75 Å². The Morgan fingerprint density at radius 2 is 2.00 bits per heavy atom. The summed E-state index contributed by atoms with van der Waals surface area (Å²) in [5.41, 5.74) is 4.95. The van der Waals surface area contributed by atoms with Gasteiger partial charge in [-0.1, -0.05) is 24.3 Å². The van der Waals surface area contributed by atoms with Gasteiger partial charge in [0.25, 0.3) is 0 Å². The number of aromatic nitrogens is 2. The molecule has 3 rings (SSSR count). The van der Waals surface area contributed by atoms with Gasteiger partial charge in [0.05, 0.1) is 17.4 Å². The van der Waals surface area contributed by atoms with Crippen LogP contribution in [0.15, 0.2) is 24.3 Å². The molecule has 1 aromatic carbocycles. The maximum atomic E-state index is 4.33. The minimum atomic E-state index is 1.04. The van der Waals surface area contributed by atoms with E-state index < -0.39 is 0 Å². The predicted molar refractivity (Wildman–Crippen MR) is 52.8 cm³/mol. The van der Waals surface area contributed by atoms with Crippen molar-refractivity contribution in [1.82, 2.24) is 8.75 Å². The van der Waals surface area contributed by atoms with Crippen molar-refractivity contribution in [3.8, 4) is 11.3 Å². The standard InChI is InChI=1S/C10H8N2S/c1-2-4-8-7(3-1)5-6-9-10(8)12-13-11-9/h1-4H,5-6H2. The summed E-state index contributed by atoms with van der Waals surface area (Å²) in [5.74, 6) is 0. The van der Waals surface area contributed by atoms with Crippen molar-refractivity contribution in [2.75, 3.05) is 0 Å². The average Bonchev–Trinajstić information content (AvgIpc) is 2.65. The Balaban J connectivity index is 2.30. The van der Waals surface area contributed by atoms with Gasteiger partial charge in [0.15, 0.2) is 0 Å². The fraction of sp³-hybridized carbons (Fsp3) is 0.200. The monoisotopic (exact) mass is 188 g/mol. The van der Waals surface area contributed by atoms with E-state index in [2.05, 4.69) is 33.0 Å². The van der Waals surface area contributed by atoms with Gasteiger partial charge in [-0.05, 0) is 18.4 Å². The van der Waals surface area contributed by atoms with Crippen LogP contribution < -0.4 is 0 Å². The van der Waals surface area contributed by atoms with Gasteiger partial charge in [-0.2, -0.15) is 8.75 Å². The Bertz CT molecular complexity index is 448. The highest BCUT2D eigenvalue weighted by Crippen LogP contribution is 2.31. The third-order valence-electron chi connectivity index (χ3n) is 2.46. The van der Waals surface area contributed by atoms with Crippen LogP contribution in [0.2, 0.25) is 0 Å². The number of hydrogen-bond acceptors (Lipinski definition) is 3. The minimum Gasteiger partial charge on any atom is -0.177 e. The third kappa shape index (κ3) is 1.00. The average molecular weight is 188 g/mol. The van der Waals surface area contributed by atoms with Gasteiger partial charge in [-0.25, -0.2) is 0 Å². The van der Waals surface area contributed by atoms with E-state index in [1.165, 1.54) is 28.5 Å². The zero-order valence-corrected chi connectivity index (χ0v) is 7.84. The second-order valence-electron chi connectivity index (χ2n) is 3.22. The number of benzene rings is 1. The van der Waals surface area contributed by atoms with Crippen molar-refractivity contribution < 1.29 is 0 Å². The summed E-state index contributed by atoms with van der Waals surface area (Å²) in [6.45, 7) is 0. The normalized spacial score (nSPS) is 13.5. The summed E-state index contributed by atoms with van der Waals surface area (Å²) in [6.07, 6.45) is 2.15. The van der Waals surface area contributed by atoms with Crippen LogP contribution in [0.5, 0.6) is 0 Å². The highest BCUT2D eigenvalue weighted by atomic mass is 32.1. The highest BCUT2D eigenvalue weighted by Gasteiger charge is 2.18. The summed E-state index contributed by atoms with van der Waals surface area (Å²) >= 11 is 1.32. The van der Waals surface area contributed by atoms with E-state index >= 15 is 0 Å². The second kappa shape index (κ2) is 2.64. The van der Waals surface area contributed by atoms with E-state index in [4.69, 9.17) is 0 Å². The molecule has 2 nitrogen and oxygen atoms in total. The van der Waals surface area contributed by atoms with Gasteiger partial charge in [-0.3, -0.25) is 0 Å². The molecule has 1 aliphatic rings. The van der Waals surface area contributed by atoms with Crippen LogP contribution in [0.25, 0.3) is 11.3 Å².